The van der Waals surface area contributed by atoms with E-state index in [9.17, 15) is 10.1 Å². The third-order valence-electron chi connectivity index (χ3n) is 3.56. The van der Waals surface area contributed by atoms with Crippen LogP contribution in [0.2, 0.25) is 0 Å². The average Bonchev–Trinajstić information content (AvgIpc) is 2.66. The monoisotopic (exact) mass is 296 g/mol. The first kappa shape index (κ1) is 17.5. The maximum absolute atomic E-state index is 11.3. The van der Waals surface area contributed by atoms with E-state index in [1.54, 1.807) is 11.7 Å². The first-order chi connectivity index (χ1) is 9.86. The van der Waals surface area contributed by atoms with Crippen LogP contribution in [0, 0.1) is 16.0 Å². The fourth-order valence-electron chi connectivity index (χ4n) is 2.47. The number of hydrogen-bond acceptors (Lipinski definition) is 4. The maximum atomic E-state index is 11.3. The van der Waals surface area contributed by atoms with Gasteiger partial charge in [-0.25, -0.2) is 4.68 Å². The Morgan fingerprint density at radius 3 is 2.52 bits per heavy atom. The van der Waals surface area contributed by atoms with E-state index >= 15 is 0 Å². The molecule has 0 aromatic carbocycles. The van der Waals surface area contributed by atoms with Gasteiger partial charge in [-0.1, -0.05) is 40.0 Å². The zero-order valence-corrected chi connectivity index (χ0v) is 13.8. The van der Waals surface area contributed by atoms with E-state index in [2.05, 4.69) is 31.2 Å². The minimum Gasteiger partial charge on any atom is -0.362 e. The van der Waals surface area contributed by atoms with Crippen LogP contribution in [-0.2, 0) is 13.5 Å². The molecule has 0 amide bonds. The molecule has 0 aliphatic carbocycles. The van der Waals surface area contributed by atoms with Crippen molar-refractivity contribution >= 4 is 11.5 Å². The van der Waals surface area contributed by atoms with Crippen LogP contribution in [0.3, 0.4) is 0 Å². The van der Waals surface area contributed by atoms with Gasteiger partial charge >= 0.3 is 5.69 Å². The summed E-state index contributed by atoms with van der Waals surface area (Å²) in [4.78, 5) is 11.0. The van der Waals surface area contributed by atoms with Crippen molar-refractivity contribution in [2.75, 3.05) is 5.32 Å². The van der Waals surface area contributed by atoms with Crippen molar-refractivity contribution < 1.29 is 4.92 Å². The van der Waals surface area contributed by atoms with Crippen LogP contribution in [0.15, 0.2) is 0 Å². The van der Waals surface area contributed by atoms with Crippen LogP contribution >= 0.6 is 0 Å². The Kier molecular flexibility index (Phi) is 6.65. The van der Waals surface area contributed by atoms with E-state index in [0.717, 1.165) is 19.3 Å². The molecule has 1 N–H and O–H groups in total. The lowest BCUT2D eigenvalue weighted by molar-refractivity contribution is -0.384. The van der Waals surface area contributed by atoms with Crippen LogP contribution in [0.5, 0.6) is 0 Å². The maximum Gasteiger partial charge on any atom is 0.333 e. The fraction of sp³-hybridized carbons (Fsp3) is 0.800. The van der Waals surface area contributed by atoms with E-state index in [1.807, 2.05) is 6.92 Å². The van der Waals surface area contributed by atoms with Gasteiger partial charge in [0.25, 0.3) is 0 Å². The minimum atomic E-state index is -0.318. The van der Waals surface area contributed by atoms with Gasteiger partial charge in [0.1, 0.15) is 5.69 Å². The summed E-state index contributed by atoms with van der Waals surface area (Å²) in [7, 11) is 1.76. The highest BCUT2D eigenvalue weighted by Gasteiger charge is 2.26. The lowest BCUT2D eigenvalue weighted by Crippen LogP contribution is -2.18. The second-order valence-corrected chi connectivity index (χ2v) is 6.14. The van der Waals surface area contributed by atoms with E-state index in [4.69, 9.17) is 0 Å². The van der Waals surface area contributed by atoms with Gasteiger partial charge in [-0.2, -0.15) is 5.10 Å². The summed E-state index contributed by atoms with van der Waals surface area (Å²) in [5.41, 5.74) is 0.705. The molecule has 1 rings (SSSR count). The van der Waals surface area contributed by atoms with Crippen LogP contribution in [-0.4, -0.2) is 20.7 Å². The summed E-state index contributed by atoms with van der Waals surface area (Å²) in [6, 6.07) is 0.201. The van der Waals surface area contributed by atoms with E-state index in [-0.39, 0.29) is 16.7 Å². The summed E-state index contributed by atoms with van der Waals surface area (Å²) < 4.78 is 1.60. The molecule has 6 heteroatoms. The molecule has 21 heavy (non-hydrogen) atoms. The zero-order valence-electron chi connectivity index (χ0n) is 13.8. The molecule has 1 aromatic rings. The second-order valence-electron chi connectivity index (χ2n) is 6.14. The second kappa shape index (κ2) is 8.00. The molecule has 0 aliphatic rings. The summed E-state index contributed by atoms with van der Waals surface area (Å²) in [6.07, 6.45) is 4.79. The molecule has 0 bridgehead atoms. The highest BCUT2D eigenvalue weighted by molar-refractivity contribution is 5.60. The van der Waals surface area contributed by atoms with E-state index < -0.39 is 0 Å². The summed E-state index contributed by atoms with van der Waals surface area (Å²) in [5, 5.41) is 18.9. The highest BCUT2D eigenvalue weighted by atomic mass is 16.6. The van der Waals surface area contributed by atoms with E-state index in [0.29, 0.717) is 23.9 Å². The Morgan fingerprint density at radius 1 is 1.33 bits per heavy atom. The molecule has 1 atom stereocenters. The van der Waals surface area contributed by atoms with Gasteiger partial charge < -0.3 is 5.32 Å². The van der Waals surface area contributed by atoms with Gasteiger partial charge in [0.05, 0.1) is 4.92 Å². The van der Waals surface area contributed by atoms with Crippen molar-refractivity contribution in [3.8, 4) is 0 Å². The van der Waals surface area contributed by atoms with Crippen molar-refractivity contribution in [3.63, 3.8) is 0 Å². The molecular formula is C15H28N4O2. The van der Waals surface area contributed by atoms with Crippen LogP contribution in [0.1, 0.15) is 59.1 Å². The van der Waals surface area contributed by atoms with Crippen molar-refractivity contribution in [3.05, 3.63) is 15.8 Å². The molecule has 1 unspecified atom stereocenters. The summed E-state index contributed by atoms with van der Waals surface area (Å²) in [5.74, 6) is 1.22. The van der Waals surface area contributed by atoms with Crippen LogP contribution in [0.4, 0.5) is 11.5 Å². The predicted octanol–water partition coefficient (Wildman–Crippen LogP) is 3.91. The third-order valence-corrected chi connectivity index (χ3v) is 3.56. The number of aryl methyl sites for hydroxylation is 2. The Bertz CT molecular complexity index is 468. The van der Waals surface area contributed by atoms with E-state index in [1.165, 1.54) is 6.42 Å². The van der Waals surface area contributed by atoms with Gasteiger partial charge in [0.2, 0.25) is 5.82 Å². The number of aromatic nitrogens is 2. The number of nitrogens with zero attached hydrogens (tertiary/aromatic N) is 3. The zero-order chi connectivity index (χ0) is 16.0. The number of hydrogen-bond donors (Lipinski definition) is 1. The first-order valence-electron chi connectivity index (χ1n) is 7.83. The standard InChI is InChI=1S/C15H28N4O2/c1-6-8-13-14(19(20)21)15(18(5)17-13)16-12(4)10-7-9-11(2)3/h11-12,16H,6-10H2,1-5H3. The first-order valence-corrected chi connectivity index (χ1v) is 7.83. The predicted molar refractivity (Wildman–Crippen MR) is 85.6 cm³/mol. The lowest BCUT2D eigenvalue weighted by Gasteiger charge is -2.15. The largest absolute Gasteiger partial charge is 0.362 e. The van der Waals surface area contributed by atoms with Crippen LogP contribution in [0.25, 0.3) is 0 Å². The molecule has 1 heterocycles. The highest BCUT2D eigenvalue weighted by Crippen LogP contribution is 2.30. The lowest BCUT2D eigenvalue weighted by atomic mass is 10.0. The molecule has 6 nitrogen and oxygen atoms in total. The average molecular weight is 296 g/mol. The number of nitrogens with one attached hydrogen (secondary N) is 1. The topological polar surface area (TPSA) is 73.0 Å². The Balaban J connectivity index is 2.79. The molecule has 120 valence electrons. The Morgan fingerprint density at radius 2 is 2.00 bits per heavy atom. The molecule has 0 saturated carbocycles. The fourth-order valence-corrected chi connectivity index (χ4v) is 2.47. The molecular weight excluding hydrogens is 268 g/mol. The smallest absolute Gasteiger partial charge is 0.333 e. The minimum absolute atomic E-state index is 0.134. The molecule has 0 saturated heterocycles. The van der Waals surface area contributed by atoms with Gasteiger partial charge in [-0.15, -0.1) is 0 Å². The van der Waals surface area contributed by atoms with Crippen molar-refractivity contribution in [2.45, 2.75) is 65.8 Å². The molecule has 0 spiro atoms. The molecule has 0 aliphatic heterocycles. The Labute approximate surface area is 127 Å². The Hall–Kier alpha value is -1.59. The molecule has 0 fully saturated rings. The normalized spacial score (nSPS) is 12.7. The summed E-state index contributed by atoms with van der Waals surface area (Å²) in [6.45, 7) is 8.48. The molecule has 1 aromatic heterocycles. The quantitative estimate of drug-likeness (QED) is 0.554. The van der Waals surface area contributed by atoms with Crippen molar-refractivity contribution in [1.29, 1.82) is 0 Å². The van der Waals surface area contributed by atoms with Crippen LogP contribution < -0.4 is 5.32 Å². The van der Waals surface area contributed by atoms with Gasteiger partial charge in [0, 0.05) is 13.1 Å². The third kappa shape index (κ3) is 5.02. The molecule has 0 radical (unpaired) electrons. The van der Waals surface area contributed by atoms with Gasteiger partial charge in [0.15, 0.2) is 0 Å². The number of nitro groups is 1. The van der Waals surface area contributed by atoms with Crippen molar-refractivity contribution in [1.82, 2.24) is 9.78 Å². The number of anilines is 1. The van der Waals surface area contributed by atoms with Gasteiger partial charge in [-0.05, 0) is 25.7 Å². The SMILES string of the molecule is CCCc1nn(C)c(NC(C)CCCC(C)C)c1[N+](=O)[O-]. The van der Waals surface area contributed by atoms with Crippen molar-refractivity contribution in [2.24, 2.45) is 13.0 Å². The van der Waals surface area contributed by atoms with Gasteiger partial charge in [-0.3, -0.25) is 10.1 Å². The summed E-state index contributed by atoms with van der Waals surface area (Å²) >= 11 is 0. The number of rotatable bonds is 9.